The summed E-state index contributed by atoms with van der Waals surface area (Å²) in [7, 11) is 0. The number of rotatable bonds is 1. The molecular weight excluding hydrogens is 264 g/mol. The van der Waals surface area contributed by atoms with Crippen LogP contribution in [0.5, 0.6) is 0 Å². The van der Waals surface area contributed by atoms with Gasteiger partial charge in [-0.2, -0.15) is 5.10 Å². The van der Waals surface area contributed by atoms with Gasteiger partial charge in [0.05, 0.1) is 22.8 Å². The molecular formula is C15H20N6. The number of nitrogens with two attached hydrogens (primary N) is 2. The van der Waals surface area contributed by atoms with E-state index < -0.39 is 5.54 Å². The molecule has 4 N–H and O–H groups in total. The molecule has 1 aliphatic rings. The lowest BCUT2D eigenvalue weighted by atomic mass is 10.0. The van der Waals surface area contributed by atoms with Gasteiger partial charge in [0.25, 0.3) is 0 Å². The molecule has 21 heavy (non-hydrogen) atoms. The molecule has 6 nitrogen and oxygen atoms in total. The van der Waals surface area contributed by atoms with Gasteiger partial charge in [-0.15, -0.1) is 0 Å². The minimum absolute atomic E-state index is 0.425. The molecule has 1 atom stereocenters. The molecule has 2 aromatic heterocycles. The van der Waals surface area contributed by atoms with Crippen LogP contribution in [-0.2, 0) is 0 Å². The van der Waals surface area contributed by atoms with Crippen LogP contribution in [-0.4, -0.2) is 25.3 Å². The number of fused-ring (bicyclic) bond motifs is 1. The average Bonchev–Trinajstić information content (AvgIpc) is 2.82. The van der Waals surface area contributed by atoms with E-state index in [1.807, 2.05) is 51.2 Å². The van der Waals surface area contributed by atoms with Gasteiger partial charge in [-0.1, -0.05) is 32.1 Å². The van der Waals surface area contributed by atoms with Gasteiger partial charge in [0.15, 0.2) is 5.65 Å². The largest absolute Gasteiger partial charge is 0.383 e. The van der Waals surface area contributed by atoms with Gasteiger partial charge >= 0.3 is 0 Å². The van der Waals surface area contributed by atoms with Crippen LogP contribution in [0.3, 0.4) is 0 Å². The highest BCUT2D eigenvalue weighted by atomic mass is 15.3. The Balaban J connectivity index is 0.000000774. The van der Waals surface area contributed by atoms with Crippen LogP contribution in [0.2, 0.25) is 0 Å². The molecule has 0 amide bonds. The summed E-state index contributed by atoms with van der Waals surface area (Å²) in [6.45, 7) is 5.93. The lowest BCUT2D eigenvalue weighted by Gasteiger charge is -2.12. The second kappa shape index (κ2) is 5.88. The van der Waals surface area contributed by atoms with Gasteiger partial charge in [-0.05, 0) is 19.1 Å². The standard InChI is InChI=1S/C13H14N6.C2H6/c1-13(15)5-2-3-9(4-6-13)19-12-10(7-18-19)11(14)16-8-17-12;1-2/h2-8H,15H2,1H3,(H2,14,16,17);1-2H3. The molecule has 2 heterocycles. The highest BCUT2D eigenvalue weighted by Crippen LogP contribution is 2.21. The maximum atomic E-state index is 6.05. The minimum atomic E-state index is -0.463. The summed E-state index contributed by atoms with van der Waals surface area (Å²) in [4.78, 5) is 8.17. The first kappa shape index (κ1) is 14.9. The molecule has 3 rings (SSSR count). The molecule has 1 aliphatic carbocycles. The Morgan fingerprint density at radius 3 is 2.71 bits per heavy atom. The molecule has 0 aliphatic heterocycles. The Hall–Kier alpha value is -2.47. The first-order chi connectivity index (χ1) is 10.1. The van der Waals surface area contributed by atoms with E-state index in [2.05, 4.69) is 15.1 Å². The number of nitrogens with zero attached hydrogens (tertiary/aromatic N) is 4. The second-order valence-corrected chi connectivity index (χ2v) is 4.70. The summed E-state index contributed by atoms with van der Waals surface area (Å²) in [5, 5.41) is 5.05. The number of aromatic nitrogens is 4. The monoisotopic (exact) mass is 284 g/mol. The van der Waals surface area contributed by atoms with E-state index in [0.29, 0.717) is 11.5 Å². The zero-order valence-corrected chi connectivity index (χ0v) is 12.5. The Bertz CT molecular complexity index is 721. The lowest BCUT2D eigenvalue weighted by molar-refractivity contribution is 0.736. The predicted molar refractivity (Wildman–Crippen MR) is 86.2 cm³/mol. The van der Waals surface area contributed by atoms with Crippen LogP contribution < -0.4 is 11.5 Å². The molecule has 0 fully saturated rings. The van der Waals surface area contributed by atoms with Gasteiger partial charge in [0.2, 0.25) is 0 Å². The molecule has 0 saturated heterocycles. The van der Waals surface area contributed by atoms with E-state index >= 15 is 0 Å². The maximum Gasteiger partial charge on any atom is 0.168 e. The van der Waals surface area contributed by atoms with Gasteiger partial charge in [0.1, 0.15) is 12.1 Å². The van der Waals surface area contributed by atoms with E-state index in [-0.39, 0.29) is 0 Å². The Labute approximate surface area is 123 Å². The van der Waals surface area contributed by atoms with Crippen LogP contribution >= 0.6 is 0 Å². The van der Waals surface area contributed by atoms with Crippen LogP contribution in [0.4, 0.5) is 5.82 Å². The minimum Gasteiger partial charge on any atom is -0.383 e. The summed E-state index contributed by atoms with van der Waals surface area (Å²) >= 11 is 0. The van der Waals surface area contributed by atoms with Crippen LogP contribution in [0.15, 0.2) is 42.9 Å². The lowest BCUT2D eigenvalue weighted by Crippen LogP contribution is -2.30. The molecule has 0 saturated carbocycles. The smallest absolute Gasteiger partial charge is 0.168 e. The van der Waals surface area contributed by atoms with Crippen LogP contribution in [0.1, 0.15) is 20.8 Å². The van der Waals surface area contributed by atoms with Crippen molar-refractivity contribution in [1.29, 1.82) is 0 Å². The van der Waals surface area contributed by atoms with Gasteiger partial charge in [0, 0.05) is 0 Å². The van der Waals surface area contributed by atoms with Crippen molar-refractivity contribution in [2.45, 2.75) is 26.3 Å². The number of anilines is 1. The van der Waals surface area contributed by atoms with Gasteiger partial charge < -0.3 is 11.5 Å². The van der Waals surface area contributed by atoms with Crippen molar-refractivity contribution in [2.24, 2.45) is 5.73 Å². The van der Waals surface area contributed by atoms with Gasteiger partial charge in [-0.3, -0.25) is 0 Å². The third-order valence-corrected chi connectivity index (χ3v) is 2.98. The quantitative estimate of drug-likeness (QED) is 0.836. The summed E-state index contributed by atoms with van der Waals surface area (Å²) in [6, 6.07) is 0. The van der Waals surface area contributed by atoms with E-state index in [4.69, 9.17) is 11.5 Å². The van der Waals surface area contributed by atoms with E-state index in [1.165, 1.54) is 6.33 Å². The molecule has 0 aromatic carbocycles. The third-order valence-electron chi connectivity index (χ3n) is 2.98. The number of nitrogen functional groups attached to an aromatic ring is 1. The topological polar surface area (TPSA) is 95.6 Å². The van der Waals surface area contributed by atoms with Gasteiger partial charge in [-0.25, -0.2) is 14.6 Å². The van der Waals surface area contributed by atoms with E-state index in [1.54, 1.807) is 10.9 Å². The molecule has 1 unspecified atom stereocenters. The van der Waals surface area contributed by atoms with Crippen molar-refractivity contribution >= 4 is 22.5 Å². The van der Waals surface area contributed by atoms with E-state index in [0.717, 1.165) is 11.1 Å². The Kier molecular flexibility index (Phi) is 4.18. The molecule has 6 heteroatoms. The first-order valence-electron chi connectivity index (χ1n) is 6.89. The summed E-state index contributed by atoms with van der Waals surface area (Å²) in [6.07, 6.45) is 12.7. The number of hydrogen-bond donors (Lipinski definition) is 2. The predicted octanol–water partition coefficient (Wildman–Crippen LogP) is 2.12. The fourth-order valence-corrected chi connectivity index (χ4v) is 1.92. The molecule has 2 aromatic rings. The molecule has 0 spiro atoms. The summed E-state index contributed by atoms with van der Waals surface area (Å²) < 4.78 is 1.72. The zero-order valence-electron chi connectivity index (χ0n) is 12.5. The normalized spacial score (nSPS) is 20.7. The van der Waals surface area contributed by atoms with E-state index in [9.17, 15) is 0 Å². The summed E-state index contributed by atoms with van der Waals surface area (Å²) in [5.74, 6) is 0.425. The number of allylic oxidation sites excluding steroid dienone is 4. The van der Waals surface area contributed by atoms with Crippen molar-refractivity contribution in [2.75, 3.05) is 5.73 Å². The fraction of sp³-hybridized carbons (Fsp3) is 0.267. The molecule has 110 valence electrons. The van der Waals surface area contributed by atoms with Crippen LogP contribution in [0, 0.1) is 0 Å². The SMILES string of the molecule is CC.CC1(N)C=CC=C(n2ncc3c(N)ncnc32)C=C1. The third kappa shape index (κ3) is 3.00. The van der Waals surface area contributed by atoms with Crippen molar-refractivity contribution < 1.29 is 0 Å². The Morgan fingerprint density at radius 2 is 1.95 bits per heavy atom. The second-order valence-electron chi connectivity index (χ2n) is 4.70. The maximum absolute atomic E-state index is 6.05. The molecule has 0 bridgehead atoms. The molecule has 0 radical (unpaired) electrons. The zero-order chi connectivity index (χ0) is 15.5. The number of hydrogen-bond acceptors (Lipinski definition) is 5. The fourth-order valence-electron chi connectivity index (χ4n) is 1.92. The highest BCUT2D eigenvalue weighted by molar-refractivity contribution is 5.87. The van der Waals surface area contributed by atoms with Crippen molar-refractivity contribution in [3.05, 3.63) is 42.9 Å². The van der Waals surface area contributed by atoms with Crippen molar-refractivity contribution in [3.63, 3.8) is 0 Å². The Morgan fingerprint density at radius 1 is 1.19 bits per heavy atom. The van der Waals surface area contributed by atoms with Crippen molar-refractivity contribution in [1.82, 2.24) is 19.7 Å². The average molecular weight is 284 g/mol. The highest BCUT2D eigenvalue weighted by Gasteiger charge is 2.14. The first-order valence-corrected chi connectivity index (χ1v) is 6.89. The van der Waals surface area contributed by atoms with Crippen molar-refractivity contribution in [3.8, 4) is 0 Å². The van der Waals surface area contributed by atoms with Crippen LogP contribution in [0.25, 0.3) is 16.7 Å². The summed E-state index contributed by atoms with van der Waals surface area (Å²) in [5.41, 5.74) is 12.9.